The first kappa shape index (κ1) is 17.9. The van der Waals surface area contributed by atoms with Crippen LogP contribution in [0.3, 0.4) is 0 Å². The second-order valence-electron chi connectivity index (χ2n) is 6.46. The van der Waals surface area contributed by atoms with Gasteiger partial charge in [0.1, 0.15) is 6.54 Å². The number of carbonyl (C=O) groups excluding carboxylic acids is 3. The number of fused-ring (bicyclic) bond motifs is 1. The Morgan fingerprint density at radius 2 is 1.96 bits per heavy atom. The standard InChI is InChI=1S/C17H24N4O3/c1-11(2)18-15(22)9-20(4)12(3)17(24)21-10-16(23)19-13-7-5-6-8-14(13)21/h5-8,11-12H,9-10H2,1-4H3,(H,18,22)(H,19,23)/p+1/t12-/m1/s1. The molecular formula is C17H25N4O3+. The van der Waals surface area contributed by atoms with E-state index in [1.165, 1.54) is 4.90 Å². The highest BCUT2D eigenvalue weighted by Gasteiger charge is 2.33. The zero-order valence-electron chi connectivity index (χ0n) is 14.6. The normalized spacial score (nSPS) is 16.2. The fourth-order valence-corrected chi connectivity index (χ4v) is 2.65. The summed E-state index contributed by atoms with van der Waals surface area (Å²) >= 11 is 0. The molecule has 1 unspecified atom stereocenters. The Hall–Kier alpha value is -2.41. The highest BCUT2D eigenvalue weighted by molar-refractivity contribution is 6.10. The molecule has 1 aliphatic heterocycles. The predicted molar refractivity (Wildman–Crippen MR) is 91.9 cm³/mol. The van der Waals surface area contributed by atoms with Crippen LogP contribution < -0.4 is 20.4 Å². The van der Waals surface area contributed by atoms with Gasteiger partial charge in [-0.05, 0) is 32.9 Å². The van der Waals surface area contributed by atoms with Crippen molar-refractivity contribution in [3.63, 3.8) is 0 Å². The molecule has 0 saturated heterocycles. The average Bonchev–Trinajstić information content (AvgIpc) is 2.51. The van der Waals surface area contributed by atoms with E-state index in [2.05, 4.69) is 10.6 Å². The van der Waals surface area contributed by atoms with E-state index in [0.29, 0.717) is 11.4 Å². The summed E-state index contributed by atoms with van der Waals surface area (Å²) in [7, 11) is 1.80. The van der Waals surface area contributed by atoms with Gasteiger partial charge < -0.3 is 15.5 Å². The van der Waals surface area contributed by atoms with Crippen LogP contribution in [-0.2, 0) is 14.4 Å². The Morgan fingerprint density at radius 3 is 2.62 bits per heavy atom. The lowest BCUT2D eigenvalue weighted by atomic mass is 10.1. The number of nitrogens with zero attached hydrogens (tertiary/aromatic N) is 1. The fourth-order valence-electron chi connectivity index (χ4n) is 2.65. The molecule has 0 aliphatic carbocycles. The lowest BCUT2D eigenvalue weighted by molar-refractivity contribution is -0.885. The molecule has 0 fully saturated rings. The largest absolute Gasteiger partial charge is 0.349 e. The lowest BCUT2D eigenvalue weighted by Crippen LogP contribution is -3.15. The number of hydrogen-bond acceptors (Lipinski definition) is 3. The maximum atomic E-state index is 12.8. The van der Waals surface area contributed by atoms with Gasteiger partial charge in [-0.25, -0.2) is 0 Å². The minimum absolute atomic E-state index is 0.00828. The molecule has 1 aromatic carbocycles. The van der Waals surface area contributed by atoms with E-state index in [1.807, 2.05) is 26.0 Å². The molecule has 7 heteroatoms. The molecule has 7 nitrogen and oxygen atoms in total. The van der Waals surface area contributed by atoms with Crippen molar-refractivity contribution in [2.24, 2.45) is 0 Å². The summed E-state index contributed by atoms with van der Waals surface area (Å²) < 4.78 is 0. The average molecular weight is 333 g/mol. The van der Waals surface area contributed by atoms with Crippen LogP contribution in [0, 0.1) is 0 Å². The molecular weight excluding hydrogens is 308 g/mol. The van der Waals surface area contributed by atoms with E-state index in [-0.39, 0.29) is 36.9 Å². The summed E-state index contributed by atoms with van der Waals surface area (Å²) in [5.41, 5.74) is 1.32. The molecule has 0 radical (unpaired) electrons. The molecule has 0 spiro atoms. The maximum Gasteiger partial charge on any atom is 0.285 e. The van der Waals surface area contributed by atoms with Crippen LogP contribution in [0.5, 0.6) is 0 Å². The number of para-hydroxylation sites is 2. The van der Waals surface area contributed by atoms with Crippen molar-refractivity contribution in [1.82, 2.24) is 5.32 Å². The molecule has 0 saturated carbocycles. The predicted octanol–water partition coefficient (Wildman–Crippen LogP) is -0.600. The maximum absolute atomic E-state index is 12.8. The second kappa shape index (κ2) is 7.44. The third-order valence-electron chi connectivity index (χ3n) is 4.04. The van der Waals surface area contributed by atoms with Gasteiger partial charge in [-0.1, -0.05) is 12.1 Å². The van der Waals surface area contributed by atoms with Gasteiger partial charge >= 0.3 is 0 Å². The van der Waals surface area contributed by atoms with Crippen molar-refractivity contribution >= 4 is 29.1 Å². The fraction of sp³-hybridized carbons (Fsp3) is 0.471. The number of anilines is 2. The van der Waals surface area contributed by atoms with E-state index in [0.717, 1.165) is 4.90 Å². The molecule has 2 atom stereocenters. The number of hydrogen-bond donors (Lipinski definition) is 3. The topological polar surface area (TPSA) is 83.0 Å². The van der Waals surface area contributed by atoms with E-state index in [9.17, 15) is 14.4 Å². The Kier molecular flexibility index (Phi) is 5.56. The molecule has 2 rings (SSSR count). The van der Waals surface area contributed by atoms with Gasteiger partial charge in [0.25, 0.3) is 11.8 Å². The summed E-state index contributed by atoms with van der Waals surface area (Å²) in [6.07, 6.45) is 0. The van der Waals surface area contributed by atoms with Crippen molar-refractivity contribution in [1.29, 1.82) is 0 Å². The van der Waals surface area contributed by atoms with Crippen LogP contribution in [0.4, 0.5) is 11.4 Å². The molecule has 1 aliphatic rings. The van der Waals surface area contributed by atoms with Crippen LogP contribution in [0.25, 0.3) is 0 Å². The van der Waals surface area contributed by atoms with Crippen LogP contribution in [0.1, 0.15) is 20.8 Å². The lowest BCUT2D eigenvalue weighted by Gasteiger charge is -2.32. The first-order chi connectivity index (χ1) is 11.3. The van der Waals surface area contributed by atoms with Crippen LogP contribution in [0.2, 0.25) is 0 Å². The molecule has 24 heavy (non-hydrogen) atoms. The smallest absolute Gasteiger partial charge is 0.285 e. The van der Waals surface area contributed by atoms with Gasteiger partial charge in [0.2, 0.25) is 5.91 Å². The van der Waals surface area contributed by atoms with Gasteiger partial charge in [-0.3, -0.25) is 19.3 Å². The van der Waals surface area contributed by atoms with Gasteiger partial charge in [0.15, 0.2) is 12.6 Å². The summed E-state index contributed by atoms with van der Waals surface area (Å²) in [4.78, 5) is 38.9. The molecule has 3 amide bonds. The Balaban J connectivity index is 2.10. The van der Waals surface area contributed by atoms with E-state index in [1.54, 1.807) is 26.1 Å². The summed E-state index contributed by atoms with van der Waals surface area (Å²) in [5.74, 6) is -0.490. The van der Waals surface area contributed by atoms with Crippen LogP contribution >= 0.6 is 0 Å². The van der Waals surface area contributed by atoms with Crippen LogP contribution in [-0.4, -0.2) is 49.9 Å². The number of benzene rings is 1. The molecule has 1 aromatic rings. The molecule has 1 heterocycles. The van der Waals surface area contributed by atoms with Crippen molar-refractivity contribution < 1.29 is 19.3 Å². The zero-order valence-corrected chi connectivity index (χ0v) is 14.6. The number of carbonyl (C=O) groups is 3. The van der Waals surface area contributed by atoms with Crippen molar-refractivity contribution in [2.75, 3.05) is 30.4 Å². The van der Waals surface area contributed by atoms with Gasteiger partial charge in [-0.15, -0.1) is 0 Å². The number of likely N-dealkylation sites (N-methyl/N-ethyl adjacent to an activating group) is 1. The van der Waals surface area contributed by atoms with Crippen molar-refractivity contribution in [3.05, 3.63) is 24.3 Å². The minimum atomic E-state index is -0.443. The molecule has 0 aromatic heterocycles. The van der Waals surface area contributed by atoms with Crippen molar-refractivity contribution in [3.8, 4) is 0 Å². The highest BCUT2D eigenvalue weighted by Crippen LogP contribution is 2.28. The Bertz CT molecular complexity index is 644. The minimum Gasteiger partial charge on any atom is -0.349 e. The second-order valence-corrected chi connectivity index (χ2v) is 6.46. The first-order valence-electron chi connectivity index (χ1n) is 8.11. The highest BCUT2D eigenvalue weighted by atomic mass is 16.2. The van der Waals surface area contributed by atoms with Gasteiger partial charge in [-0.2, -0.15) is 0 Å². The summed E-state index contributed by atoms with van der Waals surface area (Å²) in [5, 5.41) is 5.58. The van der Waals surface area contributed by atoms with E-state index < -0.39 is 6.04 Å². The number of amides is 3. The van der Waals surface area contributed by atoms with Crippen molar-refractivity contribution in [2.45, 2.75) is 32.9 Å². The summed E-state index contributed by atoms with van der Waals surface area (Å²) in [6.45, 7) is 5.75. The van der Waals surface area contributed by atoms with Crippen LogP contribution in [0.15, 0.2) is 24.3 Å². The zero-order chi connectivity index (χ0) is 17.9. The van der Waals surface area contributed by atoms with E-state index in [4.69, 9.17) is 0 Å². The molecule has 0 bridgehead atoms. The molecule has 130 valence electrons. The monoisotopic (exact) mass is 333 g/mol. The number of rotatable bonds is 5. The van der Waals surface area contributed by atoms with Gasteiger partial charge in [0.05, 0.1) is 18.4 Å². The van der Waals surface area contributed by atoms with E-state index >= 15 is 0 Å². The third-order valence-corrected chi connectivity index (χ3v) is 4.04. The SMILES string of the molecule is CC(C)NC(=O)C[NH+](C)[C@H](C)C(=O)N1CC(=O)Nc2ccccc21. The number of nitrogens with one attached hydrogen (secondary N) is 3. The Labute approximate surface area is 142 Å². The Morgan fingerprint density at radius 1 is 1.29 bits per heavy atom. The first-order valence-corrected chi connectivity index (χ1v) is 8.11. The van der Waals surface area contributed by atoms with Gasteiger partial charge in [0, 0.05) is 6.04 Å². The summed E-state index contributed by atoms with van der Waals surface area (Å²) in [6, 6.07) is 6.83. The third kappa shape index (κ3) is 4.11. The molecule has 3 N–H and O–H groups in total. The number of quaternary nitrogens is 1. The quantitative estimate of drug-likeness (QED) is 0.673.